The first-order chi connectivity index (χ1) is 56.0. The molecule has 0 aromatic carbocycles. The normalized spacial score (nSPS) is 14.5. The van der Waals surface area contributed by atoms with Crippen molar-refractivity contribution in [3.8, 4) is 0 Å². The van der Waals surface area contributed by atoms with Gasteiger partial charge < -0.3 is 0 Å². The molecule has 6 N–H and O–H groups in total. The van der Waals surface area contributed by atoms with Crippen molar-refractivity contribution in [3.05, 3.63) is 101 Å². The van der Waals surface area contributed by atoms with Gasteiger partial charge in [0.05, 0.1) is 0 Å². The third-order valence-electron chi connectivity index (χ3n) is 22.2. The topological polar surface area (TPSA) is 232 Å². The molecule has 0 aromatic rings. The molecule has 0 aliphatic carbocycles. The minimum absolute atomic E-state index is 0.154. The Kier molecular flexibility index (Phi) is 76.8. The van der Waals surface area contributed by atoms with Crippen molar-refractivity contribution < 1.29 is 98.7 Å². The first-order valence-electron chi connectivity index (χ1n) is 47.2. The molecule has 18 nitrogen and oxygen atoms in total. The Morgan fingerprint density at radius 3 is 0.453 bits per heavy atom. The maximum absolute atomic E-state index is 10.3. The van der Waals surface area contributed by atoms with E-state index in [4.69, 9.17) is 51.2 Å². The predicted octanol–water partition coefficient (Wildman–Crippen LogP) is 27.2. The van der Waals surface area contributed by atoms with Gasteiger partial charge in [0, 0.05) is 0 Å². The zero-order chi connectivity index (χ0) is 88.3. The van der Waals surface area contributed by atoms with E-state index in [0.717, 1.165) is 77.0 Å². The van der Waals surface area contributed by atoms with E-state index in [1.165, 1.54) is 205 Å². The molecule has 0 aromatic heterocycles. The molecule has 21 heteroatoms. The maximum atomic E-state index is 10.3. The summed E-state index contributed by atoms with van der Waals surface area (Å²) in [6.07, 6.45) is 66.0. The average molecular weight is 1740 g/mol. The smallest absolute Gasteiger partial charge is 0.0654 e. The molecular formula is C96H190O18P2Ti. The molecule has 117 heavy (non-hydrogen) atoms. The molecule has 0 aliphatic heterocycles. The molecule has 0 fully saturated rings. The monoisotopic (exact) mass is 1740 g/mol. The van der Waals surface area contributed by atoms with Crippen molar-refractivity contribution in [1.29, 1.82) is 0 Å². The Hall–Kier alpha value is -1.23. The SMILES string of the molecule is C=CCOC(CC)(OCC=C)C(C)[O][Ti]([O]C(C)C(CC)(OCC=C)OCC=C)([O]C(C)C(CC)(OCC=C)OCC=C)[O]C(C)C(CC)(OCC=C)OCC=C.CCCCCCCCCCCCCP(O)(O)(O)CCCCCCCCCCCCC.CCCCCCCCCCCCCP(O)(O)(O)CCCCCCCCCCCCC. The van der Waals surface area contributed by atoms with Gasteiger partial charge in [-0.15, -0.1) is 0 Å². The second-order valence-corrected chi connectivity index (χ2v) is 42.9. The van der Waals surface area contributed by atoms with Gasteiger partial charge in [-0.3, -0.25) is 0 Å². The average Bonchev–Trinajstić information content (AvgIpc) is 0.765. The summed E-state index contributed by atoms with van der Waals surface area (Å²) in [6, 6.07) is 0. The third-order valence-corrected chi connectivity index (χ3v) is 31.1. The molecule has 0 amide bonds. The van der Waals surface area contributed by atoms with Gasteiger partial charge in [0.25, 0.3) is 0 Å². The van der Waals surface area contributed by atoms with E-state index < -0.39 is 80.3 Å². The first kappa shape index (κ1) is 120. The molecule has 696 valence electrons. The van der Waals surface area contributed by atoms with E-state index in [1.807, 2.05) is 55.4 Å². The quantitative estimate of drug-likeness (QED) is 0.0109. The second kappa shape index (κ2) is 75.0. The summed E-state index contributed by atoms with van der Waals surface area (Å²) in [7, 11) is -8.73. The van der Waals surface area contributed by atoms with Crippen LogP contribution in [0.25, 0.3) is 0 Å². The van der Waals surface area contributed by atoms with Gasteiger partial charge >= 0.3 is 703 Å². The van der Waals surface area contributed by atoms with Crippen LogP contribution in [0.5, 0.6) is 0 Å². The standard InChI is InChI=1S/2C26H57O3P.4C11H19O3.Ti/c2*1-3-5-7-9-11-13-15-17-19-21-23-25-30(27,28,29)26-24-22-20-18-16-14-12-10-8-6-4-2;4*1-5-8-13-11(7-3,10(4)12)14-9-6-2;/h2*27-29H,3-26H2,1-2H3;4*5-6,10H,1-2,7-9H2,3-4H3;/q;;4*-1;+4. The van der Waals surface area contributed by atoms with Gasteiger partial charge in [-0.1, -0.05) is 27.7 Å². The van der Waals surface area contributed by atoms with E-state index >= 15 is 0 Å². The van der Waals surface area contributed by atoms with E-state index in [1.54, 1.807) is 48.6 Å². The fourth-order valence-electron chi connectivity index (χ4n) is 14.7. The van der Waals surface area contributed by atoms with Gasteiger partial charge in [0.1, 0.15) is 0 Å². The second-order valence-electron chi connectivity index (χ2n) is 32.7. The van der Waals surface area contributed by atoms with Crippen LogP contribution < -0.4 is 0 Å². The molecule has 4 unspecified atom stereocenters. The Morgan fingerprint density at radius 2 is 0.342 bits per heavy atom. The molecule has 0 saturated heterocycles. The summed E-state index contributed by atoms with van der Waals surface area (Å²) >= 11 is -5.50. The van der Waals surface area contributed by atoms with Crippen molar-refractivity contribution in [2.24, 2.45) is 0 Å². The summed E-state index contributed by atoms with van der Waals surface area (Å²) in [6.45, 7) is 56.1. The van der Waals surface area contributed by atoms with Crippen molar-refractivity contribution in [2.75, 3.05) is 77.5 Å². The van der Waals surface area contributed by atoms with Crippen LogP contribution in [0, 0.1) is 0 Å². The van der Waals surface area contributed by atoms with E-state index in [9.17, 15) is 29.4 Å². The van der Waals surface area contributed by atoms with Gasteiger partial charge in [0.2, 0.25) is 0 Å². The van der Waals surface area contributed by atoms with Crippen molar-refractivity contribution in [3.63, 3.8) is 0 Å². The molecule has 0 radical (unpaired) electrons. The summed E-state index contributed by atoms with van der Waals surface area (Å²) in [4.78, 5) is 61.9. The minimum atomic E-state index is -5.50. The van der Waals surface area contributed by atoms with Gasteiger partial charge in [-0.25, -0.2) is 0 Å². The van der Waals surface area contributed by atoms with Gasteiger partial charge in [-0.05, 0) is 0 Å². The number of hydrogen-bond acceptors (Lipinski definition) is 18. The van der Waals surface area contributed by atoms with Gasteiger partial charge in [-0.2, -0.15) is 0 Å². The number of unbranched alkanes of at least 4 members (excludes halogenated alkanes) is 40. The summed E-state index contributed by atoms with van der Waals surface area (Å²) in [5.74, 6) is -5.36. The van der Waals surface area contributed by atoms with Crippen LogP contribution in [0.3, 0.4) is 0 Å². The summed E-state index contributed by atoms with van der Waals surface area (Å²) in [5.41, 5.74) is 0. The Labute approximate surface area is 726 Å². The van der Waals surface area contributed by atoms with E-state index in [-0.39, 0.29) is 77.5 Å². The summed E-state index contributed by atoms with van der Waals surface area (Å²) < 4.78 is 79.8. The van der Waals surface area contributed by atoms with Crippen LogP contribution in [0.1, 0.15) is 391 Å². The molecule has 0 spiro atoms. The van der Waals surface area contributed by atoms with Crippen LogP contribution in [0.4, 0.5) is 0 Å². The molecule has 0 bridgehead atoms. The van der Waals surface area contributed by atoms with E-state index in [2.05, 4.69) is 80.3 Å². The Morgan fingerprint density at radius 1 is 0.222 bits per heavy atom. The van der Waals surface area contributed by atoms with Crippen molar-refractivity contribution >= 4 is 14.6 Å². The van der Waals surface area contributed by atoms with Crippen LogP contribution in [0.15, 0.2) is 101 Å². The minimum Gasteiger partial charge on any atom is -0.0654 e. The predicted molar refractivity (Wildman–Crippen MR) is 496 cm³/mol. The zero-order valence-corrected chi connectivity index (χ0v) is 81.3. The number of rotatable bonds is 88. The molecule has 0 aliphatic rings. The van der Waals surface area contributed by atoms with Crippen LogP contribution in [-0.4, -0.2) is 154 Å². The Balaban J connectivity index is -0.00000182. The molecule has 4 atom stereocenters. The van der Waals surface area contributed by atoms with Crippen molar-refractivity contribution in [2.45, 2.75) is 439 Å². The van der Waals surface area contributed by atoms with Crippen LogP contribution in [-0.2, 0) is 69.3 Å². The molecular weight excluding hydrogens is 1550 g/mol. The Bertz CT molecular complexity index is 1990. The first-order valence-corrected chi connectivity index (χ1v) is 54.7. The molecule has 0 heterocycles. The van der Waals surface area contributed by atoms with Crippen LogP contribution >= 0.6 is 14.6 Å². The number of ether oxygens (including phenoxy) is 8. The van der Waals surface area contributed by atoms with Crippen molar-refractivity contribution in [1.82, 2.24) is 0 Å². The fraction of sp³-hybridized carbons (Fsp3) is 0.833. The van der Waals surface area contributed by atoms with Crippen LogP contribution in [0.2, 0.25) is 0 Å². The number of hydrogen-bond donors (Lipinski definition) is 6. The third kappa shape index (κ3) is 60.9. The molecule has 0 rings (SSSR count). The van der Waals surface area contributed by atoms with Gasteiger partial charge in [0.15, 0.2) is 0 Å². The molecule has 0 saturated carbocycles. The summed E-state index contributed by atoms with van der Waals surface area (Å²) in [5, 5.41) is 0. The zero-order valence-electron chi connectivity index (χ0n) is 78.0. The van der Waals surface area contributed by atoms with E-state index in [0.29, 0.717) is 25.7 Å². The fourth-order valence-corrected chi connectivity index (χ4v) is 23.0.